The summed E-state index contributed by atoms with van der Waals surface area (Å²) in [4.78, 5) is 9.43. The minimum Gasteiger partial charge on any atom is -0.505 e. The van der Waals surface area contributed by atoms with Gasteiger partial charge in [0, 0.05) is 34.5 Å². The molecular formula is C33H31N3O2. The third kappa shape index (κ3) is 3.86. The lowest BCUT2D eigenvalue weighted by Gasteiger charge is -2.17. The van der Waals surface area contributed by atoms with Crippen LogP contribution in [-0.4, -0.2) is 19.6 Å². The average molecular weight is 502 g/mol. The molecule has 5 heteroatoms. The summed E-state index contributed by atoms with van der Waals surface area (Å²) in [7, 11) is 0. The Kier molecular flexibility index (Phi) is 5.79. The number of phenols is 1. The highest BCUT2D eigenvalue weighted by Gasteiger charge is 2.19. The summed E-state index contributed by atoms with van der Waals surface area (Å²) < 4.78 is 8.54. The SMILES string of the molecule is Cc1cc(Oc2ccc3c(C(C)C)cc(C(C)C)c(O)c3n2)cc2c1c1ccccc1n2-c1ccccn1. The first-order valence-corrected chi connectivity index (χ1v) is 13.1. The van der Waals surface area contributed by atoms with E-state index in [2.05, 4.69) is 74.5 Å². The maximum Gasteiger partial charge on any atom is 0.219 e. The first-order valence-electron chi connectivity index (χ1n) is 13.1. The molecule has 6 aromatic rings. The number of hydrogen-bond donors (Lipinski definition) is 1. The van der Waals surface area contributed by atoms with E-state index in [0.29, 0.717) is 23.1 Å². The van der Waals surface area contributed by atoms with Crippen molar-refractivity contribution in [3.8, 4) is 23.2 Å². The number of aromatic nitrogens is 3. The maximum absolute atomic E-state index is 11.1. The molecule has 0 fully saturated rings. The molecule has 0 unspecified atom stereocenters. The van der Waals surface area contributed by atoms with Gasteiger partial charge in [-0.05, 0) is 65.8 Å². The van der Waals surface area contributed by atoms with Crippen LogP contribution in [0.25, 0.3) is 38.5 Å². The second-order valence-corrected chi connectivity index (χ2v) is 10.5. The average Bonchev–Trinajstić information content (AvgIpc) is 3.24. The number of hydrogen-bond acceptors (Lipinski definition) is 4. The van der Waals surface area contributed by atoms with Crippen molar-refractivity contribution in [2.45, 2.75) is 46.5 Å². The molecule has 5 nitrogen and oxygen atoms in total. The molecule has 6 rings (SSSR count). The van der Waals surface area contributed by atoms with Gasteiger partial charge in [-0.25, -0.2) is 9.97 Å². The molecule has 0 amide bonds. The number of ether oxygens (including phenoxy) is 1. The number of phenolic OH excluding ortho intramolecular Hbond substituents is 1. The molecule has 0 saturated carbocycles. The lowest BCUT2D eigenvalue weighted by molar-refractivity contribution is 0.456. The minimum atomic E-state index is 0.182. The Morgan fingerprint density at radius 2 is 1.55 bits per heavy atom. The predicted octanol–water partition coefficient (Wildman–Crippen LogP) is 8.78. The molecule has 1 N–H and O–H groups in total. The van der Waals surface area contributed by atoms with Crippen LogP contribution in [0.4, 0.5) is 0 Å². The molecule has 3 aromatic carbocycles. The van der Waals surface area contributed by atoms with Crippen LogP contribution in [0.3, 0.4) is 0 Å². The molecule has 0 saturated heterocycles. The lowest BCUT2D eigenvalue weighted by Crippen LogP contribution is -1.99. The van der Waals surface area contributed by atoms with Crippen molar-refractivity contribution in [1.29, 1.82) is 0 Å². The van der Waals surface area contributed by atoms with Crippen molar-refractivity contribution in [3.63, 3.8) is 0 Å². The smallest absolute Gasteiger partial charge is 0.219 e. The second kappa shape index (κ2) is 9.18. The summed E-state index contributed by atoms with van der Waals surface area (Å²) in [6, 6.07) is 24.4. The second-order valence-electron chi connectivity index (χ2n) is 10.5. The highest BCUT2D eigenvalue weighted by atomic mass is 16.5. The van der Waals surface area contributed by atoms with E-state index in [1.165, 1.54) is 16.3 Å². The number of aryl methyl sites for hydroxylation is 1. The molecule has 0 aliphatic heterocycles. The summed E-state index contributed by atoms with van der Waals surface area (Å²) >= 11 is 0. The number of rotatable bonds is 5. The third-order valence-electron chi connectivity index (χ3n) is 7.28. The van der Waals surface area contributed by atoms with Crippen molar-refractivity contribution in [2.75, 3.05) is 0 Å². The van der Waals surface area contributed by atoms with E-state index < -0.39 is 0 Å². The summed E-state index contributed by atoms with van der Waals surface area (Å²) in [6.45, 7) is 10.6. The first-order chi connectivity index (χ1) is 18.3. The molecule has 3 heterocycles. The van der Waals surface area contributed by atoms with Crippen LogP contribution >= 0.6 is 0 Å². The number of nitrogens with zero attached hydrogens (tertiary/aromatic N) is 3. The van der Waals surface area contributed by atoms with E-state index in [9.17, 15) is 5.11 Å². The summed E-state index contributed by atoms with van der Waals surface area (Å²) in [5.41, 5.74) is 5.89. The fourth-order valence-electron chi connectivity index (χ4n) is 5.46. The number of benzene rings is 3. The molecule has 0 aliphatic carbocycles. The van der Waals surface area contributed by atoms with Crippen molar-refractivity contribution >= 4 is 32.7 Å². The third-order valence-corrected chi connectivity index (χ3v) is 7.28. The quantitative estimate of drug-likeness (QED) is 0.256. The van der Waals surface area contributed by atoms with Gasteiger partial charge in [-0.2, -0.15) is 0 Å². The lowest BCUT2D eigenvalue weighted by atomic mass is 9.91. The Labute approximate surface area is 222 Å². The van der Waals surface area contributed by atoms with Crippen molar-refractivity contribution in [2.24, 2.45) is 0 Å². The van der Waals surface area contributed by atoms with E-state index in [0.717, 1.165) is 33.4 Å². The van der Waals surface area contributed by atoms with Crippen LogP contribution in [0.15, 0.2) is 79.0 Å². The zero-order valence-corrected chi connectivity index (χ0v) is 22.4. The number of para-hydroxylation sites is 1. The van der Waals surface area contributed by atoms with E-state index in [-0.39, 0.29) is 11.7 Å². The van der Waals surface area contributed by atoms with Gasteiger partial charge < -0.3 is 9.84 Å². The Hall–Kier alpha value is -4.38. The highest BCUT2D eigenvalue weighted by Crippen LogP contribution is 2.40. The van der Waals surface area contributed by atoms with Crippen LogP contribution in [0.2, 0.25) is 0 Å². The van der Waals surface area contributed by atoms with Gasteiger partial charge in [0.2, 0.25) is 5.88 Å². The Morgan fingerprint density at radius 1 is 0.789 bits per heavy atom. The number of pyridine rings is 2. The predicted molar refractivity (Wildman–Crippen MR) is 155 cm³/mol. The number of fused-ring (bicyclic) bond motifs is 4. The van der Waals surface area contributed by atoms with Gasteiger partial charge in [0.1, 0.15) is 22.8 Å². The largest absolute Gasteiger partial charge is 0.505 e. The van der Waals surface area contributed by atoms with Crippen LogP contribution in [-0.2, 0) is 0 Å². The van der Waals surface area contributed by atoms with Gasteiger partial charge in [0.25, 0.3) is 0 Å². The summed E-state index contributed by atoms with van der Waals surface area (Å²) in [6.07, 6.45) is 1.81. The van der Waals surface area contributed by atoms with Crippen molar-refractivity contribution in [3.05, 3.63) is 95.7 Å². The standard InChI is InChI=1S/C33H31N3O2/c1-19(2)25-18-26(20(3)4)33(37)32-23(25)13-14-30(35-32)38-22-16-21(5)31-24-10-6-7-11-27(24)36(28(31)17-22)29-12-8-9-15-34-29/h6-20,37H,1-5H3. The van der Waals surface area contributed by atoms with Gasteiger partial charge >= 0.3 is 0 Å². The Balaban J connectivity index is 1.52. The summed E-state index contributed by atoms with van der Waals surface area (Å²) in [5, 5.41) is 14.4. The van der Waals surface area contributed by atoms with Crippen LogP contribution in [0, 0.1) is 6.92 Å². The zero-order valence-electron chi connectivity index (χ0n) is 22.4. The molecule has 3 aromatic heterocycles. The molecule has 0 aliphatic rings. The Bertz CT molecular complexity index is 1820. The van der Waals surface area contributed by atoms with Crippen LogP contribution < -0.4 is 4.74 Å². The van der Waals surface area contributed by atoms with Gasteiger partial charge in [-0.15, -0.1) is 0 Å². The van der Waals surface area contributed by atoms with E-state index >= 15 is 0 Å². The molecule has 190 valence electrons. The first kappa shape index (κ1) is 24.0. The van der Waals surface area contributed by atoms with Crippen molar-refractivity contribution in [1.82, 2.24) is 14.5 Å². The molecule has 38 heavy (non-hydrogen) atoms. The normalized spacial score (nSPS) is 11.9. The van der Waals surface area contributed by atoms with Crippen LogP contribution in [0.5, 0.6) is 17.4 Å². The van der Waals surface area contributed by atoms with Gasteiger partial charge in [0.05, 0.1) is 11.0 Å². The van der Waals surface area contributed by atoms with E-state index in [4.69, 9.17) is 9.72 Å². The molecule has 0 bridgehead atoms. The van der Waals surface area contributed by atoms with Gasteiger partial charge in [0.15, 0.2) is 0 Å². The fourth-order valence-corrected chi connectivity index (χ4v) is 5.46. The summed E-state index contributed by atoms with van der Waals surface area (Å²) in [5.74, 6) is 2.70. The number of aromatic hydroxyl groups is 1. The Morgan fingerprint density at radius 3 is 2.29 bits per heavy atom. The molecule has 0 spiro atoms. The minimum absolute atomic E-state index is 0.182. The monoisotopic (exact) mass is 501 g/mol. The molecule has 0 atom stereocenters. The van der Waals surface area contributed by atoms with E-state index in [1.54, 1.807) is 0 Å². The van der Waals surface area contributed by atoms with E-state index in [1.807, 2.05) is 48.7 Å². The molecular weight excluding hydrogens is 470 g/mol. The topological polar surface area (TPSA) is 60.2 Å². The maximum atomic E-state index is 11.1. The van der Waals surface area contributed by atoms with Gasteiger partial charge in [-0.1, -0.05) is 58.0 Å². The molecule has 0 radical (unpaired) electrons. The fraction of sp³-hybridized carbons (Fsp3) is 0.212. The zero-order chi connectivity index (χ0) is 26.6. The highest BCUT2D eigenvalue weighted by molar-refractivity contribution is 6.11. The van der Waals surface area contributed by atoms with Crippen LogP contribution in [0.1, 0.15) is 56.2 Å². The van der Waals surface area contributed by atoms with Crippen molar-refractivity contribution < 1.29 is 9.84 Å². The van der Waals surface area contributed by atoms with Gasteiger partial charge in [-0.3, -0.25) is 4.57 Å².